The minimum Gasteiger partial charge on any atom is -0.540 e. The molecule has 0 amide bonds. The topological polar surface area (TPSA) is 83.2 Å². The Morgan fingerprint density at radius 1 is 1.00 bits per heavy atom. The van der Waals surface area contributed by atoms with E-state index in [1.165, 1.54) is 12.1 Å². The first-order chi connectivity index (χ1) is 10.6. The Morgan fingerprint density at radius 3 is 2.23 bits per heavy atom. The molecule has 3 rings (SSSR count). The third-order valence-electron chi connectivity index (χ3n) is 3.40. The van der Waals surface area contributed by atoms with Gasteiger partial charge in [-0.2, -0.15) is 4.57 Å². The second-order valence-corrected chi connectivity index (χ2v) is 4.77. The molecule has 0 N–H and O–H groups in total. The van der Waals surface area contributed by atoms with Crippen LogP contribution < -0.4 is 9.67 Å². The molecular weight excluding hydrogens is 284 g/mol. The van der Waals surface area contributed by atoms with Gasteiger partial charge in [-0.25, -0.2) is 0 Å². The molecule has 0 unspecified atom stereocenters. The van der Waals surface area contributed by atoms with Gasteiger partial charge in [-0.1, -0.05) is 18.2 Å². The van der Waals surface area contributed by atoms with Gasteiger partial charge in [0.1, 0.15) is 13.0 Å². The summed E-state index contributed by atoms with van der Waals surface area (Å²) in [5.74, 6) is -0.0826. The van der Waals surface area contributed by atoms with Crippen molar-refractivity contribution in [1.82, 2.24) is 0 Å². The highest BCUT2D eigenvalue weighted by molar-refractivity contribution is 5.63. The van der Waals surface area contributed by atoms with Crippen LogP contribution in [0.5, 0.6) is 5.95 Å². The molecule has 0 bridgehead atoms. The first kappa shape index (κ1) is 13.8. The molecule has 0 aliphatic heterocycles. The molecule has 0 atom stereocenters. The van der Waals surface area contributed by atoms with Gasteiger partial charge in [0.05, 0.1) is 10.5 Å². The minimum absolute atomic E-state index is 0.0106. The standard InChI is InChI=1S/C16H12N2O4/c1-17-14(11-5-3-2-4-6-11)16(19)22-15(17)12-7-9-13(10-8-12)18(20)21/h2-10H,1H3. The molecule has 6 nitrogen and oxygen atoms in total. The number of rotatable bonds is 3. The number of oxazole rings is 1. The van der Waals surface area contributed by atoms with Crippen molar-refractivity contribution in [2.24, 2.45) is 7.05 Å². The number of benzene rings is 2. The Kier molecular flexibility index (Phi) is 3.34. The predicted octanol–water partition coefficient (Wildman–Crippen LogP) is 2.42. The fourth-order valence-corrected chi connectivity index (χ4v) is 2.33. The average Bonchev–Trinajstić information content (AvgIpc) is 2.83. The monoisotopic (exact) mass is 296 g/mol. The number of hydrogen-bond acceptors (Lipinski definition) is 4. The van der Waals surface area contributed by atoms with Crippen LogP contribution in [0.2, 0.25) is 0 Å². The molecule has 1 heterocycles. The molecule has 110 valence electrons. The third kappa shape index (κ3) is 2.31. The SMILES string of the molecule is C[n+]1c(-c2ccc([N+](=O)[O-])cc2)oc([O-])c1-c1ccccc1. The third-order valence-corrected chi connectivity index (χ3v) is 3.40. The van der Waals surface area contributed by atoms with Crippen molar-refractivity contribution in [2.75, 3.05) is 0 Å². The Morgan fingerprint density at radius 2 is 1.64 bits per heavy atom. The van der Waals surface area contributed by atoms with Crippen molar-refractivity contribution >= 4 is 5.69 Å². The maximum absolute atomic E-state index is 12.1. The van der Waals surface area contributed by atoms with Crippen LogP contribution >= 0.6 is 0 Å². The molecule has 22 heavy (non-hydrogen) atoms. The molecule has 0 spiro atoms. The van der Waals surface area contributed by atoms with Gasteiger partial charge in [-0.05, 0) is 24.3 Å². The molecule has 6 heteroatoms. The maximum atomic E-state index is 12.1. The Bertz CT molecular complexity index is 823. The van der Waals surface area contributed by atoms with Gasteiger partial charge in [-0.3, -0.25) is 10.1 Å². The van der Waals surface area contributed by atoms with Crippen molar-refractivity contribution in [2.45, 2.75) is 0 Å². The summed E-state index contributed by atoms with van der Waals surface area (Å²) in [6.45, 7) is 0. The van der Waals surface area contributed by atoms with Gasteiger partial charge in [0.15, 0.2) is 0 Å². The van der Waals surface area contributed by atoms with E-state index in [0.717, 1.165) is 5.56 Å². The van der Waals surface area contributed by atoms with Gasteiger partial charge in [0.2, 0.25) is 5.69 Å². The summed E-state index contributed by atoms with van der Waals surface area (Å²) >= 11 is 0. The smallest absolute Gasteiger partial charge is 0.269 e. The van der Waals surface area contributed by atoms with Crippen LogP contribution in [0.3, 0.4) is 0 Å². The van der Waals surface area contributed by atoms with Gasteiger partial charge in [0, 0.05) is 17.7 Å². The predicted molar refractivity (Wildman–Crippen MR) is 76.9 cm³/mol. The molecule has 2 aromatic carbocycles. The van der Waals surface area contributed by atoms with Crippen LogP contribution in [-0.2, 0) is 7.05 Å². The molecule has 0 radical (unpaired) electrons. The zero-order chi connectivity index (χ0) is 15.7. The van der Waals surface area contributed by atoms with E-state index < -0.39 is 10.9 Å². The van der Waals surface area contributed by atoms with Crippen LogP contribution in [0, 0.1) is 10.1 Å². The highest BCUT2D eigenvalue weighted by Gasteiger charge is 2.21. The summed E-state index contributed by atoms with van der Waals surface area (Å²) in [5.41, 5.74) is 1.79. The number of aromatic nitrogens is 1. The lowest BCUT2D eigenvalue weighted by Gasteiger charge is -1.99. The van der Waals surface area contributed by atoms with E-state index in [-0.39, 0.29) is 5.69 Å². The second-order valence-electron chi connectivity index (χ2n) is 4.77. The van der Waals surface area contributed by atoms with E-state index in [1.807, 2.05) is 30.3 Å². The minimum atomic E-state index is -0.472. The van der Waals surface area contributed by atoms with Crippen molar-refractivity contribution < 1.29 is 19.0 Å². The summed E-state index contributed by atoms with van der Waals surface area (Å²) in [6.07, 6.45) is 0. The molecule has 0 fully saturated rings. The van der Waals surface area contributed by atoms with E-state index in [4.69, 9.17) is 4.42 Å². The van der Waals surface area contributed by atoms with Gasteiger partial charge >= 0.3 is 0 Å². The summed E-state index contributed by atoms with van der Waals surface area (Å²) < 4.78 is 6.98. The molecule has 0 aliphatic rings. The summed E-state index contributed by atoms with van der Waals surface area (Å²) in [5, 5.41) is 22.8. The lowest BCUT2D eigenvalue weighted by Crippen LogP contribution is -2.31. The highest BCUT2D eigenvalue weighted by Crippen LogP contribution is 2.30. The lowest BCUT2D eigenvalue weighted by atomic mass is 10.1. The Hall–Kier alpha value is -3.15. The zero-order valence-corrected chi connectivity index (χ0v) is 11.7. The van der Waals surface area contributed by atoms with Crippen LogP contribution in [-0.4, -0.2) is 4.92 Å². The van der Waals surface area contributed by atoms with Crippen LogP contribution in [0.1, 0.15) is 0 Å². The normalized spacial score (nSPS) is 10.6. The fraction of sp³-hybridized carbons (Fsp3) is 0.0625. The van der Waals surface area contributed by atoms with E-state index in [9.17, 15) is 15.2 Å². The van der Waals surface area contributed by atoms with Crippen molar-refractivity contribution in [3.05, 3.63) is 64.7 Å². The second kappa shape index (κ2) is 5.33. The number of nitrogens with zero attached hydrogens (tertiary/aromatic N) is 2. The largest absolute Gasteiger partial charge is 0.540 e. The van der Waals surface area contributed by atoms with Crippen LogP contribution in [0.4, 0.5) is 5.69 Å². The maximum Gasteiger partial charge on any atom is 0.269 e. The van der Waals surface area contributed by atoms with Crippen molar-refractivity contribution in [3.63, 3.8) is 0 Å². The van der Waals surface area contributed by atoms with Crippen molar-refractivity contribution in [1.29, 1.82) is 0 Å². The Balaban J connectivity index is 2.08. The van der Waals surface area contributed by atoms with E-state index in [2.05, 4.69) is 0 Å². The van der Waals surface area contributed by atoms with Crippen LogP contribution in [0.25, 0.3) is 22.7 Å². The molecule has 0 saturated heterocycles. The van der Waals surface area contributed by atoms with Crippen molar-refractivity contribution in [3.8, 4) is 28.7 Å². The zero-order valence-electron chi connectivity index (χ0n) is 11.7. The molecular formula is C16H12N2O4. The first-order valence-corrected chi connectivity index (χ1v) is 6.58. The molecule has 0 saturated carbocycles. The van der Waals surface area contributed by atoms with E-state index in [0.29, 0.717) is 17.1 Å². The summed E-state index contributed by atoms with van der Waals surface area (Å²) in [6, 6.07) is 15.1. The summed E-state index contributed by atoms with van der Waals surface area (Å²) in [4.78, 5) is 10.2. The molecule has 1 aromatic heterocycles. The average molecular weight is 296 g/mol. The number of nitro benzene ring substituents is 1. The van der Waals surface area contributed by atoms with Gasteiger partial charge in [-0.15, -0.1) is 0 Å². The molecule has 0 aliphatic carbocycles. The highest BCUT2D eigenvalue weighted by atomic mass is 16.6. The quantitative estimate of drug-likeness (QED) is 0.422. The molecule has 3 aromatic rings. The number of non-ortho nitro benzene ring substituents is 1. The van der Waals surface area contributed by atoms with Gasteiger partial charge < -0.3 is 9.52 Å². The lowest BCUT2D eigenvalue weighted by molar-refractivity contribution is -0.652. The number of hydrogen-bond donors (Lipinski definition) is 0. The van der Waals surface area contributed by atoms with E-state index >= 15 is 0 Å². The first-order valence-electron chi connectivity index (χ1n) is 6.58. The number of nitro groups is 1. The van der Waals surface area contributed by atoms with E-state index in [1.54, 1.807) is 23.7 Å². The fourth-order valence-electron chi connectivity index (χ4n) is 2.33. The van der Waals surface area contributed by atoms with Crippen LogP contribution in [0.15, 0.2) is 59.0 Å². The van der Waals surface area contributed by atoms with Gasteiger partial charge in [0.25, 0.3) is 11.6 Å². The summed E-state index contributed by atoms with van der Waals surface area (Å²) in [7, 11) is 1.73. The Labute approximate surface area is 126 Å².